The van der Waals surface area contributed by atoms with E-state index in [0.29, 0.717) is 44.3 Å². The minimum absolute atomic E-state index is 0.119. The van der Waals surface area contributed by atoms with Gasteiger partial charge in [-0.05, 0) is 35.7 Å². The van der Waals surface area contributed by atoms with E-state index in [0.717, 1.165) is 6.07 Å². The number of hydrogen-bond donors (Lipinski definition) is 0. The van der Waals surface area contributed by atoms with Crippen molar-refractivity contribution in [2.24, 2.45) is 0 Å². The number of nitrogens with zero attached hydrogens (tertiary/aromatic N) is 4. The zero-order valence-corrected chi connectivity index (χ0v) is 15.4. The van der Waals surface area contributed by atoms with E-state index in [1.807, 2.05) is 0 Å². The van der Waals surface area contributed by atoms with E-state index >= 15 is 0 Å². The molecular weight excluding hydrogens is 386 g/mol. The Hall–Kier alpha value is -2.88. The first-order valence-electron chi connectivity index (χ1n) is 9.50. The van der Waals surface area contributed by atoms with Crippen LogP contribution in [0.4, 0.5) is 8.78 Å². The third-order valence-corrected chi connectivity index (χ3v) is 6.03. The molecule has 10 heteroatoms. The van der Waals surface area contributed by atoms with Crippen LogP contribution in [-0.4, -0.2) is 56.8 Å². The predicted octanol–water partition coefficient (Wildman–Crippen LogP) is 2.04. The molecule has 3 aliphatic heterocycles. The number of carbonyl (C=O) groups excluding carboxylic acids is 2. The maximum absolute atomic E-state index is 13.7. The van der Waals surface area contributed by atoms with Gasteiger partial charge in [0.05, 0.1) is 6.04 Å². The summed E-state index contributed by atoms with van der Waals surface area (Å²) >= 11 is 0. The normalized spacial score (nSPS) is 25.7. The number of ether oxygens (including phenoxy) is 1. The lowest BCUT2D eigenvalue weighted by atomic mass is 9.89. The van der Waals surface area contributed by atoms with E-state index in [1.54, 1.807) is 9.80 Å². The average molecular weight is 404 g/mol. The second-order valence-electron chi connectivity index (χ2n) is 7.66. The molecule has 0 saturated carbocycles. The molecule has 0 aliphatic carbocycles. The van der Waals surface area contributed by atoms with Crippen LogP contribution >= 0.6 is 0 Å². The van der Waals surface area contributed by atoms with E-state index in [2.05, 4.69) is 14.9 Å². The summed E-state index contributed by atoms with van der Waals surface area (Å²) in [5, 5.41) is 6.99. The fraction of sp³-hybridized carbons (Fsp3) is 0.474. The zero-order valence-electron chi connectivity index (χ0n) is 15.4. The van der Waals surface area contributed by atoms with Gasteiger partial charge in [0.25, 0.3) is 11.8 Å². The van der Waals surface area contributed by atoms with Crippen LogP contribution in [0.1, 0.15) is 47.8 Å². The summed E-state index contributed by atoms with van der Waals surface area (Å²) in [7, 11) is 0. The van der Waals surface area contributed by atoms with Gasteiger partial charge in [0, 0.05) is 32.0 Å². The number of hydrogen-bond acceptors (Lipinski definition) is 6. The number of aromatic nitrogens is 2. The summed E-state index contributed by atoms with van der Waals surface area (Å²) in [4.78, 5) is 28.9. The highest BCUT2D eigenvalue weighted by Crippen LogP contribution is 2.47. The quantitative estimate of drug-likeness (QED) is 0.761. The second kappa shape index (κ2) is 6.58. The van der Waals surface area contributed by atoms with Crippen LogP contribution in [-0.2, 0) is 9.53 Å². The van der Waals surface area contributed by atoms with E-state index in [4.69, 9.17) is 4.74 Å². The number of carbonyl (C=O) groups is 2. The zero-order chi connectivity index (χ0) is 20.2. The van der Waals surface area contributed by atoms with Crippen LogP contribution in [0.15, 0.2) is 29.0 Å². The third-order valence-electron chi connectivity index (χ3n) is 6.03. The van der Waals surface area contributed by atoms with Crippen molar-refractivity contribution in [1.29, 1.82) is 0 Å². The lowest BCUT2D eigenvalue weighted by molar-refractivity contribution is -0.142. The molecule has 4 heterocycles. The van der Waals surface area contributed by atoms with Crippen molar-refractivity contribution in [3.8, 4) is 0 Å². The molecule has 3 aliphatic rings. The molecule has 2 amide bonds. The molecule has 1 aromatic heterocycles. The molecule has 1 aromatic carbocycles. The summed E-state index contributed by atoms with van der Waals surface area (Å²) in [6, 6.07) is 2.93. The van der Waals surface area contributed by atoms with Gasteiger partial charge in [0.15, 0.2) is 11.3 Å². The summed E-state index contributed by atoms with van der Waals surface area (Å²) in [6.07, 6.45) is 2.71. The van der Waals surface area contributed by atoms with Crippen LogP contribution in [0.25, 0.3) is 0 Å². The molecule has 0 radical (unpaired) electrons. The molecule has 1 spiro atoms. The lowest BCUT2D eigenvalue weighted by Gasteiger charge is -2.37. The van der Waals surface area contributed by atoms with Crippen molar-refractivity contribution in [3.05, 3.63) is 47.3 Å². The summed E-state index contributed by atoms with van der Waals surface area (Å²) in [5.41, 5.74) is -0.452. The molecule has 3 saturated heterocycles. The number of benzene rings is 1. The fourth-order valence-electron chi connectivity index (χ4n) is 4.63. The second-order valence-corrected chi connectivity index (χ2v) is 7.66. The van der Waals surface area contributed by atoms with Gasteiger partial charge in [-0.25, -0.2) is 13.4 Å². The monoisotopic (exact) mass is 404 g/mol. The van der Waals surface area contributed by atoms with Crippen LogP contribution in [0.5, 0.6) is 0 Å². The number of amides is 2. The molecule has 2 aromatic rings. The van der Waals surface area contributed by atoms with Crippen molar-refractivity contribution >= 4 is 11.8 Å². The highest BCUT2D eigenvalue weighted by Gasteiger charge is 2.58. The van der Waals surface area contributed by atoms with Gasteiger partial charge in [0.2, 0.25) is 0 Å². The Morgan fingerprint density at radius 2 is 1.86 bits per heavy atom. The van der Waals surface area contributed by atoms with Gasteiger partial charge in [-0.15, -0.1) is 0 Å². The predicted molar refractivity (Wildman–Crippen MR) is 92.2 cm³/mol. The topological polar surface area (TPSA) is 88.8 Å². The smallest absolute Gasteiger partial charge is 0.277 e. The first-order valence-corrected chi connectivity index (χ1v) is 9.50. The Kier molecular flexibility index (Phi) is 4.12. The van der Waals surface area contributed by atoms with Gasteiger partial charge in [-0.1, -0.05) is 5.16 Å². The van der Waals surface area contributed by atoms with Crippen LogP contribution in [0.3, 0.4) is 0 Å². The largest absolute Gasteiger partial charge is 0.342 e. The molecule has 5 rings (SSSR count). The van der Waals surface area contributed by atoms with Crippen molar-refractivity contribution < 1.29 is 27.7 Å². The third kappa shape index (κ3) is 2.89. The van der Waals surface area contributed by atoms with Crippen LogP contribution in [0, 0.1) is 11.6 Å². The van der Waals surface area contributed by atoms with Gasteiger partial charge < -0.3 is 14.5 Å². The molecule has 0 N–H and O–H groups in total. The van der Waals surface area contributed by atoms with Gasteiger partial charge >= 0.3 is 0 Å². The maximum atomic E-state index is 13.7. The first-order chi connectivity index (χ1) is 14.0. The summed E-state index contributed by atoms with van der Waals surface area (Å²) in [5.74, 6) is -1.81. The maximum Gasteiger partial charge on any atom is 0.277 e. The Labute approximate surface area is 164 Å². The molecule has 2 atom stereocenters. The Balaban J connectivity index is 1.33. The minimum atomic E-state index is -1.01. The Morgan fingerprint density at radius 1 is 1.14 bits per heavy atom. The first kappa shape index (κ1) is 18.2. The molecule has 0 bridgehead atoms. The van der Waals surface area contributed by atoms with Crippen molar-refractivity contribution in [1.82, 2.24) is 20.1 Å². The highest BCUT2D eigenvalue weighted by atomic mass is 19.1. The van der Waals surface area contributed by atoms with E-state index in [1.165, 1.54) is 18.3 Å². The average Bonchev–Trinajstić information content (AvgIpc) is 3.41. The van der Waals surface area contributed by atoms with Gasteiger partial charge in [-0.3, -0.25) is 9.59 Å². The summed E-state index contributed by atoms with van der Waals surface area (Å²) < 4.78 is 38.0. The van der Waals surface area contributed by atoms with Crippen LogP contribution in [0.2, 0.25) is 0 Å². The summed E-state index contributed by atoms with van der Waals surface area (Å²) in [6.45, 7) is 0.661. The fourth-order valence-corrected chi connectivity index (χ4v) is 4.63. The van der Waals surface area contributed by atoms with Crippen molar-refractivity contribution in [2.75, 3.05) is 13.1 Å². The molecule has 152 valence electrons. The number of rotatable bonds is 2. The van der Waals surface area contributed by atoms with Gasteiger partial charge in [0.1, 0.15) is 24.1 Å². The molecule has 29 heavy (non-hydrogen) atoms. The SMILES string of the molecule is O=C(c1cnon1)N1CCC2(CC1)OC1CCC(c3cc(F)cc(F)c3)N1C2=O. The molecule has 8 nitrogen and oxygen atoms in total. The van der Waals surface area contributed by atoms with Crippen molar-refractivity contribution in [3.63, 3.8) is 0 Å². The molecule has 3 fully saturated rings. The van der Waals surface area contributed by atoms with E-state index in [-0.39, 0.29) is 17.5 Å². The van der Waals surface area contributed by atoms with Crippen molar-refractivity contribution in [2.45, 2.75) is 43.6 Å². The Morgan fingerprint density at radius 3 is 2.52 bits per heavy atom. The van der Waals surface area contributed by atoms with Crippen LogP contribution < -0.4 is 0 Å². The number of likely N-dealkylation sites (tertiary alicyclic amines) is 1. The number of fused-ring (bicyclic) bond motifs is 1. The minimum Gasteiger partial charge on any atom is -0.342 e. The highest BCUT2D eigenvalue weighted by molar-refractivity contribution is 5.93. The molecule has 2 unspecified atom stereocenters. The standard InChI is InChI=1S/C19H18F2N4O4/c20-12-7-11(8-13(21)9-12)15-1-2-16-25(15)18(27)19(28-16)3-5-24(6-4-19)17(26)14-10-22-29-23-14/h7-10,15-16H,1-6H2. The van der Waals surface area contributed by atoms with E-state index < -0.39 is 29.5 Å². The number of halogens is 2. The molecular formula is C19H18F2N4O4. The lowest BCUT2D eigenvalue weighted by Crippen LogP contribution is -2.51. The number of piperidine rings is 1. The van der Waals surface area contributed by atoms with Gasteiger partial charge in [-0.2, -0.15) is 0 Å². The Bertz CT molecular complexity index is 939. The van der Waals surface area contributed by atoms with E-state index in [9.17, 15) is 18.4 Å².